The molecule has 0 radical (unpaired) electrons. The number of carbonyl (C=O) groups excluding carboxylic acids is 1. The first-order chi connectivity index (χ1) is 9.16. The van der Waals surface area contributed by atoms with Crippen LogP contribution in [0.2, 0.25) is 0 Å². The van der Waals surface area contributed by atoms with Gasteiger partial charge in [-0.15, -0.1) is 0 Å². The van der Waals surface area contributed by atoms with Gasteiger partial charge >= 0.3 is 5.97 Å². The number of rotatable bonds is 6. The zero-order valence-corrected chi connectivity index (χ0v) is 12.2. The molecule has 10 heteroatoms. The monoisotopic (exact) mass is 322 g/mol. The highest BCUT2D eigenvalue weighted by Crippen LogP contribution is 2.14. The second kappa shape index (κ2) is 6.31. The summed E-state index contributed by atoms with van der Waals surface area (Å²) in [6.45, 7) is 1.17. The highest BCUT2D eigenvalue weighted by Gasteiger charge is 2.18. The van der Waals surface area contributed by atoms with E-state index in [0.717, 1.165) is 6.07 Å². The summed E-state index contributed by atoms with van der Waals surface area (Å²) in [4.78, 5) is 10.4. The summed E-state index contributed by atoms with van der Waals surface area (Å²) >= 11 is 0. The molecule has 8 nitrogen and oxygen atoms in total. The van der Waals surface area contributed by atoms with Gasteiger partial charge in [0.25, 0.3) is 0 Å². The van der Waals surface area contributed by atoms with Crippen LogP contribution in [0.5, 0.6) is 0 Å². The Balaban J connectivity index is 2.96. The lowest BCUT2D eigenvalue weighted by Gasteiger charge is -2.07. The zero-order valence-electron chi connectivity index (χ0n) is 10.6. The normalized spacial score (nSPS) is 12.1. The maximum Gasteiger partial charge on any atom is 0.321 e. The van der Waals surface area contributed by atoms with Crippen LogP contribution in [-0.4, -0.2) is 36.0 Å². The lowest BCUT2D eigenvalue weighted by Crippen LogP contribution is -2.30. The maximum absolute atomic E-state index is 11.9. The van der Waals surface area contributed by atoms with Gasteiger partial charge in [-0.1, -0.05) is 6.07 Å². The SMILES string of the molecule is CCOC(=O)CNS(=O)(=O)c1cccc(S(N)(=O)=O)c1. The summed E-state index contributed by atoms with van der Waals surface area (Å²) < 4.78 is 52.6. The number of nitrogens with one attached hydrogen (secondary N) is 1. The van der Waals surface area contributed by atoms with Gasteiger partial charge in [0.1, 0.15) is 6.54 Å². The first kappa shape index (κ1) is 16.6. The highest BCUT2D eigenvalue weighted by molar-refractivity contribution is 7.90. The van der Waals surface area contributed by atoms with E-state index in [-0.39, 0.29) is 16.4 Å². The van der Waals surface area contributed by atoms with Gasteiger partial charge < -0.3 is 4.74 Å². The number of nitrogens with two attached hydrogens (primary N) is 1. The number of sulfonamides is 2. The largest absolute Gasteiger partial charge is 0.465 e. The van der Waals surface area contributed by atoms with E-state index in [9.17, 15) is 21.6 Å². The second-order valence-electron chi connectivity index (χ2n) is 3.65. The minimum Gasteiger partial charge on any atom is -0.465 e. The highest BCUT2D eigenvalue weighted by atomic mass is 32.2. The van der Waals surface area contributed by atoms with Crippen LogP contribution >= 0.6 is 0 Å². The number of esters is 1. The lowest BCUT2D eigenvalue weighted by molar-refractivity contribution is -0.141. The minimum absolute atomic E-state index is 0.126. The van der Waals surface area contributed by atoms with Crippen molar-refractivity contribution < 1.29 is 26.4 Å². The van der Waals surface area contributed by atoms with Crippen molar-refractivity contribution in [2.75, 3.05) is 13.2 Å². The Labute approximate surface area is 117 Å². The molecule has 0 spiro atoms. The zero-order chi connectivity index (χ0) is 15.4. The van der Waals surface area contributed by atoms with E-state index in [1.807, 2.05) is 4.72 Å². The number of hydrogen-bond donors (Lipinski definition) is 2. The van der Waals surface area contributed by atoms with E-state index in [4.69, 9.17) is 5.14 Å². The van der Waals surface area contributed by atoms with Crippen LogP contribution in [0.15, 0.2) is 34.1 Å². The molecule has 0 aliphatic heterocycles. The van der Waals surface area contributed by atoms with Crippen molar-refractivity contribution in [2.45, 2.75) is 16.7 Å². The van der Waals surface area contributed by atoms with Gasteiger partial charge in [-0.25, -0.2) is 22.0 Å². The Hall–Kier alpha value is -1.49. The fraction of sp³-hybridized carbons (Fsp3) is 0.300. The molecular weight excluding hydrogens is 308 g/mol. The second-order valence-corrected chi connectivity index (χ2v) is 6.98. The Morgan fingerprint density at radius 3 is 2.40 bits per heavy atom. The van der Waals surface area contributed by atoms with E-state index >= 15 is 0 Å². The number of primary sulfonamides is 1. The van der Waals surface area contributed by atoms with Crippen LogP contribution in [0.3, 0.4) is 0 Å². The first-order valence-electron chi connectivity index (χ1n) is 5.45. The third kappa shape index (κ3) is 4.56. The summed E-state index contributed by atoms with van der Waals surface area (Å²) in [6, 6.07) is 4.49. The van der Waals surface area contributed by atoms with E-state index in [0.29, 0.717) is 0 Å². The third-order valence-electron chi connectivity index (χ3n) is 2.16. The molecule has 0 heterocycles. The minimum atomic E-state index is -4.03. The van der Waals surface area contributed by atoms with Crippen LogP contribution < -0.4 is 9.86 Å². The summed E-state index contributed by atoms with van der Waals surface area (Å²) in [5.74, 6) is -0.737. The molecule has 0 atom stereocenters. The van der Waals surface area contributed by atoms with E-state index in [1.165, 1.54) is 18.2 Å². The van der Waals surface area contributed by atoms with Crippen molar-refractivity contribution in [3.8, 4) is 0 Å². The van der Waals surface area contributed by atoms with Crippen molar-refractivity contribution in [3.05, 3.63) is 24.3 Å². The molecule has 0 fully saturated rings. The van der Waals surface area contributed by atoms with Gasteiger partial charge in [-0.2, -0.15) is 4.72 Å². The fourth-order valence-electron chi connectivity index (χ4n) is 1.27. The van der Waals surface area contributed by atoms with E-state index in [1.54, 1.807) is 6.92 Å². The molecule has 1 aromatic rings. The van der Waals surface area contributed by atoms with Crippen molar-refractivity contribution in [2.24, 2.45) is 5.14 Å². The molecule has 1 aromatic carbocycles. The summed E-state index contributed by atoms with van der Waals surface area (Å²) in [5, 5.41) is 4.91. The quantitative estimate of drug-likeness (QED) is 0.657. The van der Waals surface area contributed by atoms with Gasteiger partial charge in [0.15, 0.2) is 0 Å². The van der Waals surface area contributed by atoms with Crippen molar-refractivity contribution in [1.29, 1.82) is 0 Å². The first-order valence-corrected chi connectivity index (χ1v) is 8.48. The summed E-state index contributed by atoms with van der Waals surface area (Å²) in [6.07, 6.45) is 0. The number of ether oxygens (including phenoxy) is 1. The Morgan fingerprint density at radius 2 is 1.85 bits per heavy atom. The molecule has 112 valence electrons. The van der Waals surface area contributed by atoms with E-state index in [2.05, 4.69) is 4.74 Å². The summed E-state index contributed by atoms with van der Waals surface area (Å²) in [7, 11) is -8.04. The molecule has 0 aromatic heterocycles. The standard InChI is InChI=1S/C10H14N2O6S2/c1-2-18-10(13)7-12-20(16,17)9-5-3-4-8(6-9)19(11,14)15/h3-6,12H,2,7H2,1H3,(H2,11,14,15). The predicted molar refractivity (Wildman–Crippen MR) is 69.6 cm³/mol. The van der Waals surface area contributed by atoms with Crippen molar-refractivity contribution >= 4 is 26.0 Å². The van der Waals surface area contributed by atoms with Gasteiger partial charge in [0.2, 0.25) is 20.0 Å². The maximum atomic E-state index is 11.9. The average molecular weight is 322 g/mol. The van der Waals surface area contributed by atoms with Gasteiger partial charge in [0, 0.05) is 0 Å². The van der Waals surface area contributed by atoms with Crippen LogP contribution in [0.1, 0.15) is 6.92 Å². The Morgan fingerprint density at radius 1 is 1.25 bits per heavy atom. The Kier molecular flexibility index (Phi) is 5.22. The fourth-order valence-corrected chi connectivity index (χ4v) is 2.92. The number of benzene rings is 1. The van der Waals surface area contributed by atoms with Crippen LogP contribution in [0, 0.1) is 0 Å². The van der Waals surface area contributed by atoms with Crippen molar-refractivity contribution in [3.63, 3.8) is 0 Å². The summed E-state index contributed by atoms with van der Waals surface area (Å²) in [5.41, 5.74) is 0. The molecule has 0 aliphatic rings. The molecule has 0 aliphatic carbocycles. The molecule has 20 heavy (non-hydrogen) atoms. The smallest absolute Gasteiger partial charge is 0.321 e. The molecule has 1 rings (SSSR count). The number of carbonyl (C=O) groups is 1. The lowest BCUT2D eigenvalue weighted by atomic mass is 10.4. The molecule has 0 saturated heterocycles. The Bertz CT molecular complexity index is 696. The molecular formula is C10H14N2O6S2. The van der Waals surface area contributed by atoms with Crippen molar-refractivity contribution in [1.82, 2.24) is 4.72 Å². The van der Waals surface area contributed by atoms with Gasteiger partial charge in [-0.3, -0.25) is 4.79 Å². The predicted octanol–water partition coefficient (Wildman–Crippen LogP) is -0.825. The number of hydrogen-bond acceptors (Lipinski definition) is 6. The molecule has 0 saturated carbocycles. The van der Waals surface area contributed by atoms with E-state index < -0.39 is 32.6 Å². The van der Waals surface area contributed by atoms with Gasteiger partial charge in [-0.05, 0) is 25.1 Å². The third-order valence-corrected chi connectivity index (χ3v) is 4.47. The molecule has 0 unspecified atom stereocenters. The molecule has 0 bridgehead atoms. The molecule has 0 amide bonds. The van der Waals surface area contributed by atoms with Crippen LogP contribution in [0.4, 0.5) is 0 Å². The van der Waals surface area contributed by atoms with Gasteiger partial charge in [0.05, 0.1) is 16.4 Å². The average Bonchev–Trinajstić information content (AvgIpc) is 2.36. The topological polar surface area (TPSA) is 133 Å². The van der Waals surface area contributed by atoms with Crippen LogP contribution in [0.25, 0.3) is 0 Å². The van der Waals surface area contributed by atoms with Crippen LogP contribution in [-0.2, 0) is 29.6 Å². The molecule has 3 N–H and O–H groups in total.